The van der Waals surface area contributed by atoms with Gasteiger partial charge in [-0.2, -0.15) is 0 Å². The monoisotopic (exact) mass is 405 g/mol. The molecule has 0 spiro atoms. The van der Waals surface area contributed by atoms with Crippen molar-refractivity contribution >= 4 is 31.9 Å². The molecule has 1 N–H and O–H groups in total. The number of methoxy groups -OCH3 is 1. The summed E-state index contributed by atoms with van der Waals surface area (Å²) in [5.74, 6) is 0.916. The molecule has 20 heavy (non-hydrogen) atoms. The molecule has 1 aromatic carbocycles. The van der Waals surface area contributed by atoms with E-state index in [9.17, 15) is 0 Å². The first kappa shape index (κ1) is 18.0. The van der Waals surface area contributed by atoms with Gasteiger partial charge in [0.05, 0.1) is 11.6 Å². The summed E-state index contributed by atoms with van der Waals surface area (Å²) in [7, 11) is 1.71. The molecular formula is C16H25Br2NO. The van der Waals surface area contributed by atoms with Crippen molar-refractivity contribution in [1.82, 2.24) is 5.32 Å². The minimum absolute atomic E-state index is 0.536. The molecule has 0 saturated carbocycles. The van der Waals surface area contributed by atoms with E-state index in [1.165, 1.54) is 37.7 Å². The number of hydrogen-bond acceptors (Lipinski definition) is 2. The molecule has 1 rings (SSSR count). The Bertz CT molecular complexity index is 410. The Kier molecular flexibility index (Phi) is 8.82. The van der Waals surface area contributed by atoms with Crippen LogP contribution in [0.5, 0.6) is 5.75 Å². The first-order chi connectivity index (χ1) is 9.58. The zero-order chi connectivity index (χ0) is 15.0. The van der Waals surface area contributed by atoms with Crippen LogP contribution in [-0.4, -0.2) is 13.2 Å². The zero-order valence-electron chi connectivity index (χ0n) is 12.6. The lowest BCUT2D eigenvalue weighted by Gasteiger charge is -2.16. The van der Waals surface area contributed by atoms with Crippen molar-refractivity contribution in [2.75, 3.05) is 7.11 Å². The van der Waals surface area contributed by atoms with E-state index in [1.54, 1.807) is 7.11 Å². The fraction of sp³-hybridized carbons (Fsp3) is 0.625. The van der Waals surface area contributed by atoms with E-state index >= 15 is 0 Å². The molecule has 1 atom stereocenters. The second kappa shape index (κ2) is 9.80. The fourth-order valence-corrected chi connectivity index (χ4v) is 3.71. The van der Waals surface area contributed by atoms with Gasteiger partial charge in [-0.1, -0.05) is 48.5 Å². The van der Waals surface area contributed by atoms with Crippen molar-refractivity contribution in [3.8, 4) is 5.75 Å². The Labute approximate surface area is 139 Å². The summed E-state index contributed by atoms with van der Waals surface area (Å²) in [5, 5.41) is 3.58. The molecule has 0 aliphatic heterocycles. The van der Waals surface area contributed by atoms with Gasteiger partial charge >= 0.3 is 0 Å². The lowest BCUT2D eigenvalue weighted by molar-refractivity contribution is 0.401. The maximum Gasteiger partial charge on any atom is 0.137 e. The molecular weight excluding hydrogens is 382 g/mol. The number of hydrogen-bond donors (Lipinski definition) is 1. The molecule has 0 radical (unpaired) electrons. The number of nitrogens with one attached hydrogen (secondary N) is 1. The van der Waals surface area contributed by atoms with Gasteiger partial charge in [0.25, 0.3) is 0 Å². The molecule has 0 aliphatic rings. The number of rotatable bonds is 9. The van der Waals surface area contributed by atoms with Crippen molar-refractivity contribution in [2.24, 2.45) is 0 Å². The largest absolute Gasteiger partial charge is 0.495 e. The predicted molar refractivity (Wildman–Crippen MR) is 93.5 cm³/mol. The van der Waals surface area contributed by atoms with Crippen LogP contribution >= 0.6 is 31.9 Å². The second-order valence-electron chi connectivity index (χ2n) is 5.21. The molecule has 0 heterocycles. The topological polar surface area (TPSA) is 21.3 Å². The third-order valence-electron chi connectivity index (χ3n) is 3.42. The molecule has 0 amide bonds. The molecule has 0 bridgehead atoms. The molecule has 114 valence electrons. The van der Waals surface area contributed by atoms with Gasteiger partial charge in [-0.15, -0.1) is 0 Å². The molecule has 1 aromatic rings. The Morgan fingerprint density at radius 3 is 2.60 bits per heavy atom. The molecule has 2 nitrogen and oxygen atoms in total. The summed E-state index contributed by atoms with van der Waals surface area (Å²) in [6, 6.07) is 4.66. The highest BCUT2D eigenvalue weighted by Gasteiger charge is 2.10. The third kappa shape index (κ3) is 6.15. The summed E-state index contributed by atoms with van der Waals surface area (Å²) in [4.78, 5) is 0. The first-order valence-electron chi connectivity index (χ1n) is 7.33. The lowest BCUT2D eigenvalue weighted by Crippen LogP contribution is -2.25. The van der Waals surface area contributed by atoms with Crippen LogP contribution < -0.4 is 10.1 Å². The van der Waals surface area contributed by atoms with Gasteiger partial charge in [-0.25, -0.2) is 0 Å². The normalized spacial score (nSPS) is 12.4. The maximum absolute atomic E-state index is 5.47. The summed E-state index contributed by atoms with van der Waals surface area (Å²) in [6.07, 6.45) is 6.53. The minimum atomic E-state index is 0.536. The van der Waals surface area contributed by atoms with Crippen LogP contribution in [0.25, 0.3) is 0 Å². The van der Waals surface area contributed by atoms with Crippen LogP contribution in [0.4, 0.5) is 0 Å². The van der Waals surface area contributed by atoms with Crippen LogP contribution in [0.15, 0.2) is 21.1 Å². The second-order valence-corrected chi connectivity index (χ2v) is 6.98. The van der Waals surface area contributed by atoms with Crippen LogP contribution in [0.1, 0.15) is 51.5 Å². The third-order valence-corrected chi connectivity index (χ3v) is 4.47. The maximum atomic E-state index is 5.47. The van der Waals surface area contributed by atoms with Gasteiger partial charge in [-0.05, 0) is 41.4 Å². The highest BCUT2D eigenvalue weighted by molar-refractivity contribution is 9.11. The van der Waals surface area contributed by atoms with Crippen molar-refractivity contribution in [2.45, 2.75) is 58.5 Å². The molecule has 4 heteroatoms. The smallest absolute Gasteiger partial charge is 0.137 e. The quantitative estimate of drug-likeness (QED) is 0.533. The van der Waals surface area contributed by atoms with Gasteiger partial charge in [0, 0.05) is 22.6 Å². The van der Waals surface area contributed by atoms with E-state index in [2.05, 4.69) is 57.1 Å². The van der Waals surface area contributed by atoms with E-state index in [0.29, 0.717) is 6.04 Å². The first-order valence-corrected chi connectivity index (χ1v) is 8.92. The summed E-state index contributed by atoms with van der Waals surface area (Å²) < 4.78 is 7.52. The fourth-order valence-electron chi connectivity index (χ4n) is 2.24. The van der Waals surface area contributed by atoms with Gasteiger partial charge < -0.3 is 10.1 Å². The van der Waals surface area contributed by atoms with Crippen molar-refractivity contribution in [1.29, 1.82) is 0 Å². The Balaban J connectivity index is 2.48. The van der Waals surface area contributed by atoms with E-state index < -0.39 is 0 Å². The van der Waals surface area contributed by atoms with Crippen LogP contribution in [0.2, 0.25) is 0 Å². The van der Waals surface area contributed by atoms with Gasteiger partial charge in [0.15, 0.2) is 0 Å². The van der Waals surface area contributed by atoms with Crippen molar-refractivity contribution < 1.29 is 4.74 Å². The summed E-state index contributed by atoms with van der Waals surface area (Å²) >= 11 is 7.07. The van der Waals surface area contributed by atoms with Crippen molar-refractivity contribution in [3.63, 3.8) is 0 Å². The average molecular weight is 407 g/mol. The van der Waals surface area contributed by atoms with Crippen LogP contribution in [0.3, 0.4) is 0 Å². The Morgan fingerprint density at radius 1 is 1.20 bits per heavy atom. The molecule has 0 aliphatic carbocycles. The van der Waals surface area contributed by atoms with E-state index in [0.717, 1.165) is 21.2 Å². The van der Waals surface area contributed by atoms with Crippen molar-refractivity contribution in [3.05, 3.63) is 26.6 Å². The van der Waals surface area contributed by atoms with E-state index in [1.807, 2.05) is 6.07 Å². The van der Waals surface area contributed by atoms with Crippen LogP contribution in [0, 0.1) is 0 Å². The highest BCUT2D eigenvalue weighted by atomic mass is 79.9. The number of halogens is 2. The number of unbranched alkanes of at least 4 members (excludes halogenated alkanes) is 3. The Hall–Kier alpha value is -0.0600. The zero-order valence-corrected chi connectivity index (χ0v) is 15.8. The molecule has 0 aromatic heterocycles. The van der Waals surface area contributed by atoms with Gasteiger partial charge in [0.1, 0.15) is 5.75 Å². The predicted octanol–water partition coefficient (Wildman–Crippen LogP) is 5.67. The van der Waals surface area contributed by atoms with Gasteiger partial charge in [0.2, 0.25) is 0 Å². The summed E-state index contributed by atoms with van der Waals surface area (Å²) in [6.45, 7) is 5.33. The number of ether oxygens (including phenoxy) is 1. The SMILES string of the molecule is CCCCCCC(C)NCc1cc(Br)cc(Br)c1OC. The standard InChI is InChI=1S/C16H25Br2NO/c1-4-5-6-7-8-12(2)19-11-13-9-14(17)10-15(18)16(13)20-3/h9-10,12,19H,4-8,11H2,1-3H3. The highest BCUT2D eigenvalue weighted by Crippen LogP contribution is 2.32. The van der Waals surface area contributed by atoms with E-state index in [-0.39, 0.29) is 0 Å². The van der Waals surface area contributed by atoms with Crippen LogP contribution in [-0.2, 0) is 6.54 Å². The molecule has 0 saturated heterocycles. The minimum Gasteiger partial charge on any atom is -0.495 e. The van der Waals surface area contributed by atoms with E-state index in [4.69, 9.17) is 4.74 Å². The average Bonchev–Trinajstić information content (AvgIpc) is 2.41. The molecule has 0 fully saturated rings. The Morgan fingerprint density at radius 2 is 1.95 bits per heavy atom. The molecule has 1 unspecified atom stereocenters. The number of benzene rings is 1. The van der Waals surface area contributed by atoms with Gasteiger partial charge in [-0.3, -0.25) is 0 Å². The summed E-state index contributed by atoms with van der Waals surface area (Å²) in [5.41, 5.74) is 1.18. The lowest BCUT2D eigenvalue weighted by atomic mass is 10.1.